The first kappa shape index (κ1) is 14.7. The van der Waals surface area contributed by atoms with E-state index < -0.39 is 0 Å². The van der Waals surface area contributed by atoms with Crippen LogP contribution in [-0.4, -0.2) is 26.5 Å². The van der Waals surface area contributed by atoms with Crippen molar-refractivity contribution in [2.75, 3.05) is 11.9 Å². The van der Waals surface area contributed by atoms with Crippen molar-refractivity contribution in [3.8, 4) is 0 Å². The highest BCUT2D eigenvalue weighted by molar-refractivity contribution is 6.29. The zero-order valence-electron chi connectivity index (χ0n) is 11.6. The number of aromatic nitrogens is 4. The molecule has 0 saturated heterocycles. The number of aromatic amines is 1. The lowest BCUT2D eigenvalue weighted by molar-refractivity contribution is 0.128. The Morgan fingerprint density at radius 1 is 1.40 bits per heavy atom. The fourth-order valence-electron chi connectivity index (χ4n) is 1.81. The van der Waals surface area contributed by atoms with Gasteiger partial charge >= 0.3 is 0 Å². The molecule has 0 aliphatic carbocycles. The lowest BCUT2D eigenvalue weighted by Crippen LogP contribution is -2.13. The van der Waals surface area contributed by atoms with Crippen molar-refractivity contribution in [3.63, 3.8) is 0 Å². The van der Waals surface area contributed by atoms with Crippen LogP contribution in [0, 0.1) is 0 Å². The van der Waals surface area contributed by atoms with Crippen molar-refractivity contribution in [2.24, 2.45) is 0 Å². The summed E-state index contributed by atoms with van der Waals surface area (Å²) >= 11 is 6.01. The van der Waals surface area contributed by atoms with Crippen LogP contribution < -0.4 is 5.32 Å². The van der Waals surface area contributed by atoms with E-state index in [-0.39, 0.29) is 6.04 Å². The molecule has 0 amide bonds. The van der Waals surface area contributed by atoms with Crippen molar-refractivity contribution in [2.45, 2.75) is 32.9 Å². The molecule has 0 aliphatic heterocycles. The molecular weight excluding hydrogens is 278 g/mol. The summed E-state index contributed by atoms with van der Waals surface area (Å²) < 4.78 is 5.30. The van der Waals surface area contributed by atoms with Crippen molar-refractivity contribution < 1.29 is 4.74 Å². The summed E-state index contributed by atoms with van der Waals surface area (Å²) in [7, 11) is 0. The Kier molecular flexibility index (Phi) is 5.31. The summed E-state index contributed by atoms with van der Waals surface area (Å²) in [6.45, 7) is 4.96. The fraction of sp³-hybridized carbons (Fsp3) is 0.462. The number of nitrogens with zero attached hydrogens (tertiary/aromatic N) is 3. The van der Waals surface area contributed by atoms with Crippen LogP contribution in [0.1, 0.15) is 38.0 Å². The summed E-state index contributed by atoms with van der Waals surface area (Å²) in [5.74, 6) is 2.10. The predicted molar refractivity (Wildman–Crippen MR) is 77.6 cm³/mol. The van der Waals surface area contributed by atoms with E-state index in [0.29, 0.717) is 30.0 Å². The lowest BCUT2D eigenvalue weighted by Gasteiger charge is -2.16. The molecule has 108 valence electrons. The molecule has 2 N–H and O–H groups in total. The van der Waals surface area contributed by atoms with E-state index in [2.05, 4.69) is 32.2 Å². The number of rotatable bonds is 7. The van der Waals surface area contributed by atoms with Gasteiger partial charge in [0.2, 0.25) is 0 Å². The van der Waals surface area contributed by atoms with E-state index in [9.17, 15) is 0 Å². The second-order valence-electron chi connectivity index (χ2n) is 4.21. The second-order valence-corrected chi connectivity index (χ2v) is 4.60. The minimum Gasteiger partial charge on any atom is -0.374 e. The lowest BCUT2D eigenvalue weighted by atomic mass is 10.2. The normalized spacial score (nSPS) is 12.3. The first-order valence-corrected chi connectivity index (χ1v) is 6.97. The number of nitrogens with one attached hydrogen (secondary N) is 2. The average molecular weight is 296 g/mol. The van der Waals surface area contributed by atoms with E-state index in [4.69, 9.17) is 16.3 Å². The second kappa shape index (κ2) is 7.21. The number of ether oxygens (including phenoxy) is 1. The SMILES string of the molecule is CCOCc1nc(Cl)cc(NC(CC)c2ncc[nH]2)n1. The molecule has 0 saturated carbocycles. The van der Waals surface area contributed by atoms with Gasteiger partial charge in [-0.3, -0.25) is 0 Å². The fourth-order valence-corrected chi connectivity index (χ4v) is 2.01. The van der Waals surface area contributed by atoms with Gasteiger partial charge in [0.05, 0.1) is 6.04 Å². The van der Waals surface area contributed by atoms with Crippen LogP contribution in [0.3, 0.4) is 0 Å². The van der Waals surface area contributed by atoms with Gasteiger partial charge in [-0.05, 0) is 13.3 Å². The molecular formula is C13H18ClN5O. The topological polar surface area (TPSA) is 75.7 Å². The van der Waals surface area contributed by atoms with Crippen LogP contribution in [0.15, 0.2) is 18.5 Å². The van der Waals surface area contributed by atoms with Gasteiger partial charge in [0.15, 0.2) is 5.82 Å². The standard InChI is InChI=1S/C13H18ClN5O/c1-3-9(13-15-5-6-16-13)17-11-7-10(14)18-12(19-11)8-20-4-2/h5-7,9H,3-4,8H2,1-2H3,(H,15,16)(H,17,18,19). The molecule has 0 bridgehead atoms. The highest BCUT2D eigenvalue weighted by atomic mass is 35.5. The summed E-state index contributed by atoms with van der Waals surface area (Å²) in [4.78, 5) is 15.9. The van der Waals surface area contributed by atoms with Gasteiger partial charge in [-0.2, -0.15) is 0 Å². The van der Waals surface area contributed by atoms with Crippen LogP contribution >= 0.6 is 11.6 Å². The molecule has 2 aromatic heterocycles. The van der Waals surface area contributed by atoms with Gasteiger partial charge in [0.25, 0.3) is 0 Å². The monoisotopic (exact) mass is 295 g/mol. The molecule has 7 heteroatoms. The van der Waals surface area contributed by atoms with E-state index in [1.54, 1.807) is 18.5 Å². The van der Waals surface area contributed by atoms with Crippen LogP contribution in [0.2, 0.25) is 5.15 Å². The number of hydrogen-bond donors (Lipinski definition) is 2. The number of anilines is 1. The molecule has 2 aromatic rings. The number of halogens is 1. The molecule has 0 fully saturated rings. The van der Waals surface area contributed by atoms with Gasteiger partial charge < -0.3 is 15.0 Å². The van der Waals surface area contributed by atoms with Crippen molar-refractivity contribution in [3.05, 3.63) is 35.3 Å². The Balaban J connectivity index is 2.13. The Hall–Kier alpha value is -1.66. The smallest absolute Gasteiger partial charge is 0.158 e. The van der Waals surface area contributed by atoms with Gasteiger partial charge in [0.1, 0.15) is 23.4 Å². The molecule has 0 aromatic carbocycles. The Bertz CT molecular complexity index is 532. The first-order valence-electron chi connectivity index (χ1n) is 6.60. The highest BCUT2D eigenvalue weighted by Gasteiger charge is 2.13. The van der Waals surface area contributed by atoms with Crippen LogP contribution in [0.5, 0.6) is 0 Å². The van der Waals surface area contributed by atoms with Crippen LogP contribution in [0.4, 0.5) is 5.82 Å². The minimum atomic E-state index is 0.0518. The summed E-state index contributed by atoms with van der Waals surface area (Å²) in [6, 6.07) is 1.75. The Labute approximate surface area is 123 Å². The molecule has 1 atom stereocenters. The molecule has 2 heterocycles. The Morgan fingerprint density at radius 2 is 2.25 bits per heavy atom. The zero-order chi connectivity index (χ0) is 14.4. The van der Waals surface area contributed by atoms with Crippen molar-refractivity contribution >= 4 is 17.4 Å². The summed E-state index contributed by atoms with van der Waals surface area (Å²) in [6.07, 6.45) is 4.40. The quantitative estimate of drug-likeness (QED) is 0.768. The number of hydrogen-bond acceptors (Lipinski definition) is 5. The van der Waals surface area contributed by atoms with Crippen LogP contribution in [-0.2, 0) is 11.3 Å². The molecule has 0 spiro atoms. The third-order valence-corrected chi connectivity index (χ3v) is 2.95. The molecule has 2 rings (SSSR count). The van der Waals surface area contributed by atoms with Gasteiger partial charge in [0, 0.05) is 25.1 Å². The van der Waals surface area contributed by atoms with Gasteiger partial charge in [-0.1, -0.05) is 18.5 Å². The van der Waals surface area contributed by atoms with E-state index in [0.717, 1.165) is 12.2 Å². The molecule has 20 heavy (non-hydrogen) atoms. The van der Waals surface area contributed by atoms with E-state index in [1.807, 2.05) is 6.92 Å². The highest BCUT2D eigenvalue weighted by Crippen LogP contribution is 2.20. The minimum absolute atomic E-state index is 0.0518. The summed E-state index contributed by atoms with van der Waals surface area (Å²) in [5.41, 5.74) is 0. The maximum atomic E-state index is 6.01. The third kappa shape index (κ3) is 3.91. The number of imidazole rings is 1. The maximum Gasteiger partial charge on any atom is 0.158 e. The maximum absolute atomic E-state index is 6.01. The summed E-state index contributed by atoms with van der Waals surface area (Å²) in [5, 5.41) is 3.70. The largest absolute Gasteiger partial charge is 0.374 e. The van der Waals surface area contributed by atoms with E-state index >= 15 is 0 Å². The Morgan fingerprint density at radius 3 is 2.90 bits per heavy atom. The zero-order valence-corrected chi connectivity index (χ0v) is 12.3. The average Bonchev–Trinajstić information content (AvgIpc) is 2.96. The van der Waals surface area contributed by atoms with Gasteiger partial charge in [-0.25, -0.2) is 15.0 Å². The predicted octanol–water partition coefficient (Wildman–Crippen LogP) is 2.95. The van der Waals surface area contributed by atoms with E-state index in [1.165, 1.54) is 0 Å². The number of H-pyrrole nitrogens is 1. The molecule has 0 radical (unpaired) electrons. The molecule has 6 nitrogen and oxygen atoms in total. The van der Waals surface area contributed by atoms with Gasteiger partial charge in [-0.15, -0.1) is 0 Å². The molecule has 0 aliphatic rings. The third-order valence-electron chi connectivity index (χ3n) is 2.76. The first-order chi connectivity index (χ1) is 9.72. The van der Waals surface area contributed by atoms with Crippen molar-refractivity contribution in [1.82, 2.24) is 19.9 Å². The molecule has 1 unspecified atom stereocenters. The van der Waals surface area contributed by atoms with Crippen LogP contribution in [0.25, 0.3) is 0 Å². The van der Waals surface area contributed by atoms with Crippen molar-refractivity contribution in [1.29, 1.82) is 0 Å².